The highest BCUT2D eigenvalue weighted by Gasteiger charge is 2.58. The number of ketones is 1. The van der Waals surface area contributed by atoms with Crippen LogP contribution in [0.4, 0.5) is 0 Å². The van der Waals surface area contributed by atoms with Crippen LogP contribution in [0.3, 0.4) is 0 Å². The third-order valence-electron chi connectivity index (χ3n) is 13.5. The highest BCUT2D eigenvalue weighted by molar-refractivity contribution is 7.03. The molecule has 0 bridgehead atoms. The van der Waals surface area contributed by atoms with Gasteiger partial charge in [-0.3, -0.25) is 4.79 Å². The van der Waals surface area contributed by atoms with Crippen molar-refractivity contribution in [3.8, 4) is 17.2 Å². The van der Waals surface area contributed by atoms with Gasteiger partial charge in [0.05, 0.1) is 37.8 Å². The number of esters is 1. The van der Waals surface area contributed by atoms with Crippen LogP contribution in [0, 0.1) is 0 Å². The van der Waals surface area contributed by atoms with Crippen LogP contribution < -0.4 is 20.3 Å². The number of fused-ring (bicyclic) bond motifs is 8. The lowest BCUT2D eigenvalue weighted by Gasteiger charge is -2.45. The molecule has 0 aromatic heterocycles. The lowest BCUT2D eigenvalue weighted by Crippen LogP contribution is -2.64. The number of aliphatic hydroxyl groups excluding tert-OH is 4. The monoisotopic (exact) mass is 1050 g/mol. The van der Waals surface area contributed by atoms with Gasteiger partial charge in [-0.25, -0.2) is 9.59 Å². The van der Waals surface area contributed by atoms with Crippen LogP contribution in [-0.4, -0.2) is 107 Å². The van der Waals surface area contributed by atoms with Gasteiger partial charge in [-0.1, -0.05) is 133 Å². The molecule has 6 atom stereocenters. The predicted molar refractivity (Wildman–Crippen MR) is 264 cm³/mol. The van der Waals surface area contributed by atoms with Gasteiger partial charge in [0.2, 0.25) is 6.29 Å². The maximum atomic E-state index is 13.2. The number of aromatic carboxylic acids is 1. The number of benzene rings is 5. The summed E-state index contributed by atoms with van der Waals surface area (Å²) >= 11 is 26.9. The molecule has 1 aliphatic carbocycles. The van der Waals surface area contributed by atoms with Crippen LogP contribution in [0.2, 0.25) is 41.3 Å². The number of carbonyl (C=O) groups excluding carboxylic acids is 2. The Morgan fingerprint density at radius 3 is 1.94 bits per heavy atom. The number of halogens is 4. The van der Waals surface area contributed by atoms with Gasteiger partial charge in [0.25, 0.3) is 0 Å². The number of carboxylic acids is 1. The molecular weight excluding hydrogens is 1010 g/mol. The highest BCUT2D eigenvalue weighted by atomic mass is 35.5. The van der Waals surface area contributed by atoms with Crippen LogP contribution >= 0.6 is 46.4 Å². The van der Waals surface area contributed by atoms with E-state index in [1.807, 2.05) is 26.2 Å². The molecule has 0 saturated carbocycles. The Kier molecular flexibility index (Phi) is 12.4. The largest absolute Gasteiger partial charge is 0.506 e. The first-order chi connectivity index (χ1) is 32.6. The molecule has 356 valence electrons. The smallest absolute Gasteiger partial charge is 0.340 e. The van der Waals surface area contributed by atoms with Crippen LogP contribution in [0.5, 0.6) is 17.2 Å². The van der Waals surface area contributed by atoms with Crippen LogP contribution in [0.25, 0.3) is 5.57 Å². The molecule has 5 aromatic carbocycles. The van der Waals surface area contributed by atoms with Crippen molar-refractivity contribution in [2.75, 3.05) is 6.61 Å². The van der Waals surface area contributed by atoms with Crippen molar-refractivity contribution in [2.24, 2.45) is 0 Å². The van der Waals surface area contributed by atoms with E-state index < -0.39 is 71.0 Å². The Labute approximate surface area is 416 Å². The first kappa shape index (κ1) is 48.7. The molecule has 19 heteroatoms. The summed E-state index contributed by atoms with van der Waals surface area (Å²) in [6, 6.07) is 23.5. The summed E-state index contributed by atoms with van der Waals surface area (Å²) in [5, 5.41) is 74.4. The summed E-state index contributed by atoms with van der Waals surface area (Å²) in [6.07, 6.45) is -4.34. The molecule has 4 heterocycles. The van der Waals surface area contributed by atoms with E-state index >= 15 is 0 Å². The molecule has 0 radical (unpaired) electrons. The second kappa shape index (κ2) is 17.5. The van der Waals surface area contributed by atoms with E-state index in [0.717, 1.165) is 16.3 Å². The molecule has 0 amide bonds. The molecule has 1 saturated heterocycles. The minimum Gasteiger partial charge on any atom is -0.506 e. The van der Waals surface area contributed by atoms with E-state index in [1.54, 1.807) is 72.8 Å². The Morgan fingerprint density at radius 1 is 0.681 bits per heavy atom. The number of aromatic hydroxyl groups is 2. The molecular formula is C50H42Cl4O13Si2. The number of carboxylic acid groups (broad SMARTS) is 1. The second-order valence-electron chi connectivity index (χ2n) is 18.2. The van der Waals surface area contributed by atoms with Crippen molar-refractivity contribution in [1.29, 1.82) is 0 Å². The fourth-order valence-corrected chi connectivity index (χ4v) is 20.8. The average Bonchev–Trinajstić information content (AvgIpc) is 3.61. The Bertz CT molecular complexity index is 3170. The van der Waals surface area contributed by atoms with Gasteiger partial charge in [-0.05, 0) is 79.4 Å². The number of hydrogen-bond acceptors (Lipinski definition) is 12. The van der Waals surface area contributed by atoms with E-state index in [1.165, 1.54) is 24.3 Å². The zero-order chi connectivity index (χ0) is 49.8. The maximum absolute atomic E-state index is 13.2. The molecule has 10 rings (SSSR count). The molecule has 5 aliphatic rings. The quantitative estimate of drug-likeness (QED) is 0.0781. The minimum atomic E-state index is -2.88. The lowest BCUT2D eigenvalue weighted by molar-refractivity contribution is -0.277. The van der Waals surface area contributed by atoms with Gasteiger partial charge in [0.15, 0.2) is 11.4 Å². The summed E-state index contributed by atoms with van der Waals surface area (Å²) in [6.45, 7) is 7.40. The average molecular weight is 1050 g/mol. The summed E-state index contributed by atoms with van der Waals surface area (Å²) in [4.78, 5) is 37.5. The number of carbonyl (C=O) groups is 3. The van der Waals surface area contributed by atoms with E-state index in [4.69, 9.17) is 60.6 Å². The van der Waals surface area contributed by atoms with Crippen molar-refractivity contribution >= 4 is 101 Å². The van der Waals surface area contributed by atoms with E-state index in [-0.39, 0.29) is 48.7 Å². The van der Waals surface area contributed by atoms with Gasteiger partial charge in [0, 0.05) is 16.7 Å². The van der Waals surface area contributed by atoms with Gasteiger partial charge >= 0.3 is 11.9 Å². The first-order valence-electron chi connectivity index (χ1n) is 21.5. The molecule has 13 nitrogen and oxygen atoms in total. The van der Waals surface area contributed by atoms with Crippen molar-refractivity contribution < 1.29 is 64.3 Å². The first-order valence-corrected chi connectivity index (χ1v) is 29.0. The standard InChI is InChI=1S/C28H26Cl2O9Si.C22H16Cl2O4Si/c1-40(2)24-14(7-9-16(32)19(24)29)28(13-6-4-3-5-12(13)26(36)39-28)15-8-10-17(20(30)25(15)40)37-27-23(35)22(34)21(33)18(11-31)38-27;1-29(2)20-13(7-9-15(25)18(20)23)17(11-5-3-4-6-12(11)22(27)28)14-8-10-16(26)19(24)21(14)29/h3-10,18,21-23,27,31-35H,11H2,1-2H3;3-10,25H,1-2H3,(H,27,28)/t18-,21+,22+,23-,27-,28?;/m1./s1. The lowest BCUT2D eigenvalue weighted by atomic mass is 9.79. The Balaban J connectivity index is 0.000000181. The normalized spacial score (nSPS) is 24.6. The van der Waals surface area contributed by atoms with Crippen molar-refractivity contribution in [3.63, 3.8) is 0 Å². The maximum Gasteiger partial charge on any atom is 0.340 e. The summed E-state index contributed by atoms with van der Waals surface area (Å²) < 4.78 is 17.7. The molecule has 4 aliphatic heterocycles. The molecule has 69 heavy (non-hydrogen) atoms. The van der Waals surface area contributed by atoms with Gasteiger partial charge in [-0.15, -0.1) is 0 Å². The van der Waals surface area contributed by atoms with Crippen LogP contribution in [0.1, 0.15) is 48.5 Å². The molecule has 1 spiro atoms. The molecule has 5 aromatic rings. The van der Waals surface area contributed by atoms with E-state index in [9.17, 15) is 50.1 Å². The van der Waals surface area contributed by atoms with E-state index in [2.05, 4.69) is 0 Å². The van der Waals surface area contributed by atoms with E-state index in [0.29, 0.717) is 49.0 Å². The minimum absolute atomic E-state index is 0.0605. The highest BCUT2D eigenvalue weighted by Crippen LogP contribution is 2.52. The number of ether oxygens (including phenoxy) is 3. The van der Waals surface area contributed by atoms with Crippen molar-refractivity contribution in [1.82, 2.24) is 0 Å². The fraction of sp³-hybridized carbons (Fsp3) is 0.220. The number of allylic oxidation sites excluding steroid dienone is 5. The van der Waals surface area contributed by atoms with Crippen molar-refractivity contribution in [3.05, 3.63) is 167 Å². The second-order valence-corrected chi connectivity index (χ2v) is 28.2. The molecule has 1 fully saturated rings. The zero-order valence-corrected chi connectivity index (χ0v) is 41.9. The molecule has 1 unspecified atom stereocenters. The zero-order valence-electron chi connectivity index (χ0n) is 36.9. The third kappa shape index (κ3) is 7.32. The van der Waals surface area contributed by atoms with Crippen LogP contribution in [-0.2, 0) is 19.9 Å². The van der Waals surface area contributed by atoms with Gasteiger partial charge in [0.1, 0.15) is 57.8 Å². The van der Waals surface area contributed by atoms with Gasteiger partial charge in [-0.2, -0.15) is 0 Å². The predicted octanol–water partition coefficient (Wildman–Crippen LogP) is 6.12. The number of aliphatic hydroxyl groups is 4. The third-order valence-corrected chi connectivity index (χ3v) is 22.8. The summed E-state index contributed by atoms with van der Waals surface area (Å²) in [5.74, 6) is -1.96. The Hall–Kier alpha value is -5.28. The van der Waals surface area contributed by atoms with Crippen LogP contribution in [0.15, 0.2) is 113 Å². The number of phenolic OH excluding ortho intramolecular Hbond substituents is 2. The Morgan fingerprint density at radius 2 is 1.28 bits per heavy atom. The summed E-state index contributed by atoms with van der Waals surface area (Å²) in [5.41, 5.74) is 3.60. The van der Waals surface area contributed by atoms with Gasteiger partial charge < -0.3 is 50.0 Å². The topological polar surface area (TPSA) is 221 Å². The van der Waals surface area contributed by atoms with Crippen molar-refractivity contribution in [2.45, 2.75) is 62.5 Å². The SMILES string of the molecule is C[Si]1(C)C2=C(Cl)C(=O)C=CC2=C(c2ccccc2C(=O)O)c2ccc(O)c(Cl)c21.C[Si]1(C)c2c(ccc(O)c2Cl)C2(OC(=O)c3ccccc32)c2ccc(O[C@@H]3O[C@H](CO)[C@H](O)[C@H](O)[C@H]3O)c(Cl)c21. The summed E-state index contributed by atoms with van der Waals surface area (Å²) in [7, 11) is -5.47. The number of rotatable bonds is 5. The molecule has 7 N–H and O–H groups in total. The number of hydrogen-bond donors (Lipinski definition) is 7. The fourth-order valence-electron chi connectivity index (χ4n) is 10.4. The number of phenols is 2.